The number of nitrogens with one attached hydrogen (secondary N) is 2. The second-order valence-electron chi connectivity index (χ2n) is 1.95. The van der Waals surface area contributed by atoms with Crippen LogP contribution in [0.15, 0.2) is 22.8 Å². The third kappa shape index (κ3) is 1.94. The molecule has 1 rings (SSSR count). The highest BCUT2D eigenvalue weighted by Gasteiger charge is 1.99. The second kappa shape index (κ2) is 3.39. The van der Waals surface area contributed by atoms with Gasteiger partial charge in [-0.25, -0.2) is 0 Å². The zero-order valence-corrected chi connectivity index (χ0v) is 7.22. The molecule has 0 amide bonds. The Balaban J connectivity index is 2.93. The van der Waals surface area contributed by atoms with Crippen molar-refractivity contribution in [3.8, 4) is 0 Å². The average Bonchev–Trinajstić information content (AvgIpc) is 2.36. The van der Waals surface area contributed by atoms with Crippen LogP contribution in [-0.4, -0.2) is 16.3 Å². The number of aliphatic hydroxyl groups excluding tert-OH is 1. The van der Waals surface area contributed by atoms with Gasteiger partial charge in [0.2, 0.25) is 0 Å². The molecule has 0 fully saturated rings. The molecular formula is C7H7BrN2O. The van der Waals surface area contributed by atoms with Crippen LogP contribution in [0.3, 0.4) is 0 Å². The van der Waals surface area contributed by atoms with E-state index in [1.807, 2.05) is 0 Å². The first-order valence-electron chi connectivity index (χ1n) is 2.98. The molecule has 0 saturated heterocycles. The lowest BCUT2D eigenvalue weighted by Crippen LogP contribution is -1.81. The molecule has 0 saturated carbocycles. The number of allylic oxidation sites excluding steroid dienone is 1. The number of halogens is 1. The van der Waals surface area contributed by atoms with Crippen LogP contribution in [0.4, 0.5) is 0 Å². The van der Waals surface area contributed by atoms with Gasteiger partial charge in [-0.15, -0.1) is 0 Å². The molecule has 3 nitrogen and oxygen atoms in total. The molecule has 11 heavy (non-hydrogen) atoms. The van der Waals surface area contributed by atoms with E-state index < -0.39 is 0 Å². The number of hydrogen-bond acceptors (Lipinski definition) is 2. The monoisotopic (exact) mass is 214 g/mol. The van der Waals surface area contributed by atoms with Crippen molar-refractivity contribution in [1.29, 1.82) is 5.41 Å². The molecule has 0 aliphatic carbocycles. The number of aromatic nitrogens is 1. The fourth-order valence-electron chi connectivity index (χ4n) is 0.685. The Kier molecular flexibility index (Phi) is 2.48. The summed E-state index contributed by atoms with van der Waals surface area (Å²) in [4.78, 5) is 2.82. The Morgan fingerprint density at radius 3 is 2.91 bits per heavy atom. The van der Waals surface area contributed by atoms with Gasteiger partial charge in [0.25, 0.3) is 0 Å². The summed E-state index contributed by atoms with van der Waals surface area (Å²) in [6.45, 7) is 0. The van der Waals surface area contributed by atoms with E-state index in [0.29, 0.717) is 5.69 Å². The molecule has 0 aliphatic heterocycles. The van der Waals surface area contributed by atoms with Crippen molar-refractivity contribution in [2.24, 2.45) is 0 Å². The number of rotatable bonds is 2. The molecule has 1 heterocycles. The number of hydrogen-bond donors (Lipinski definition) is 3. The van der Waals surface area contributed by atoms with Crippen LogP contribution in [0.2, 0.25) is 0 Å². The maximum absolute atomic E-state index is 9.19. The molecule has 0 radical (unpaired) electrons. The molecule has 58 valence electrons. The first kappa shape index (κ1) is 8.07. The number of aromatic amines is 1. The minimum absolute atomic E-state index is 0.0608. The Morgan fingerprint density at radius 1 is 1.73 bits per heavy atom. The van der Waals surface area contributed by atoms with E-state index in [4.69, 9.17) is 5.41 Å². The fourth-order valence-corrected chi connectivity index (χ4v) is 1.03. The van der Waals surface area contributed by atoms with Gasteiger partial charge in [0.05, 0.1) is 5.69 Å². The summed E-state index contributed by atoms with van der Waals surface area (Å²) in [5, 5.41) is 15.9. The molecule has 0 spiro atoms. The quantitative estimate of drug-likeness (QED) is 0.514. The molecule has 0 aromatic carbocycles. The smallest absolute Gasteiger partial charge is 0.140 e. The summed E-state index contributed by atoms with van der Waals surface area (Å²) >= 11 is 3.22. The third-order valence-electron chi connectivity index (χ3n) is 1.16. The Labute approximate surface area is 72.4 Å². The Hall–Kier alpha value is -1.03. The fraction of sp³-hybridized carbons (Fsp3) is 0. The first-order chi connectivity index (χ1) is 5.24. The zero-order chi connectivity index (χ0) is 8.27. The van der Waals surface area contributed by atoms with Gasteiger partial charge >= 0.3 is 0 Å². The summed E-state index contributed by atoms with van der Waals surface area (Å²) in [6.07, 6.45) is 4.05. The van der Waals surface area contributed by atoms with Crippen LogP contribution >= 0.6 is 15.9 Å². The highest BCUT2D eigenvalue weighted by molar-refractivity contribution is 9.10. The van der Waals surface area contributed by atoms with Crippen molar-refractivity contribution in [3.05, 3.63) is 28.5 Å². The van der Waals surface area contributed by atoms with Gasteiger partial charge in [-0.1, -0.05) is 0 Å². The standard InChI is InChI=1S/C7H7BrN2O/c8-5-3-6(10-4-5)7(11)1-2-9/h1-4,9-11H/b7-1+,9-2?. The van der Waals surface area contributed by atoms with Gasteiger partial charge < -0.3 is 15.5 Å². The topological polar surface area (TPSA) is 59.9 Å². The highest BCUT2D eigenvalue weighted by atomic mass is 79.9. The van der Waals surface area contributed by atoms with Crippen molar-refractivity contribution in [3.63, 3.8) is 0 Å². The SMILES string of the molecule is N=C/C=C(/O)c1cc(Br)c[nH]1. The van der Waals surface area contributed by atoms with Gasteiger partial charge in [0.15, 0.2) is 0 Å². The van der Waals surface area contributed by atoms with Crippen molar-refractivity contribution in [2.45, 2.75) is 0 Å². The summed E-state index contributed by atoms with van der Waals surface area (Å²) in [5.74, 6) is 0.0608. The van der Waals surface area contributed by atoms with E-state index in [-0.39, 0.29) is 5.76 Å². The summed E-state index contributed by atoms with van der Waals surface area (Å²) in [6, 6.07) is 1.73. The van der Waals surface area contributed by atoms with Crippen LogP contribution in [0.1, 0.15) is 5.69 Å². The van der Waals surface area contributed by atoms with Crippen molar-refractivity contribution in [2.75, 3.05) is 0 Å². The lowest BCUT2D eigenvalue weighted by molar-refractivity contribution is 0.510. The normalized spacial score (nSPS) is 11.5. The average molecular weight is 215 g/mol. The number of aliphatic hydroxyl groups is 1. The van der Waals surface area contributed by atoms with Gasteiger partial charge in [-0.05, 0) is 28.1 Å². The largest absolute Gasteiger partial charge is 0.506 e. The molecule has 4 heteroatoms. The molecule has 0 aliphatic rings. The predicted octanol–water partition coefficient (Wildman–Crippen LogP) is 2.33. The maximum atomic E-state index is 9.19. The Morgan fingerprint density at radius 2 is 2.45 bits per heavy atom. The van der Waals surface area contributed by atoms with Crippen LogP contribution in [0, 0.1) is 5.41 Å². The molecule has 0 atom stereocenters. The van der Waals surface area contributed by atoms with E-state index in [1.165, 1.54) is 6.08 Å². The van der Waals surface area contributed by atoms with Crippen LogP contribution < -0.4 is 0 Å². The summed E-state index contributed by atoms with van der Waals surface area (Å²) < 4.78 is 0.873. The van der Waals surface area contributed by atoms with E-state index in [9.17, 15) is 5.11 Å². The van der Waals surface area contributed by atoms with Crippen LogP contribution in [-0.2, 0) is 0 Å². The predicted molar refractivity (Wildman–Crippen MR) is 47.9 cm³/mol. The minimum atomic E-state index is 0.0608. The maximum Gasteiger partial charge on any atom is 0.140 e. The molecule has 0 unspecified atom stereocenters. The van der Waals surface area contributed by atoms with Gasteiger partial charge in [-0.2, -0.15) is 0 Å². The lowest BCUT2D eigenvalue weighted by Gasteiger charge is -1.91. The zero-order valence-electron chi connectivity index (χ0n) is 5.63. The van der Waals surface area contributed by atoms with Crippen molar-refractivity contribution < 1.29 is 5.11 Å². The first-order valence-corrected chi connectivity index (χ1v) is 3.77. The van der Waals surface area contributed by atoms with Crippen LogP contribution in [0.5, 0.6) is 0 Å². The van der Waals surface area contributed by atoms with Crippen molar-refractivity contribution >= 4 is 27.9 Å². The second-order valence-corrected chi connectivity index (χ2v) is 2.87. The molecule has 1 aromatic heterocycles. The van der Waals surface area contributed by atoms with E-state index in [2.05, 4.69) is 20.9 Å². The van der Waals surface area contributed by atoms with E-state index in [1.54, 1.807) is 12.3 Å². The van der Waals surface area contributed by atoms with Gasteiger partial charge in [0, 0.05) is 16.9 Å². The van der Waals surface area contributed by atoms with Crippen molar-refractivity contribution in [1.82, 2.24) is 4.98 Å². The molecule has 0 bridgehead atoms. The van der Waals surface area contributed by atoms with E-state index in [0.717, 1.165) is 10.7 Å². The lowest BCUT2D eigenvalue weighted by atomic mass is 10.3. The number of H-pyrrole nitrogens is 1. The van der Waals surface area contributed by atoms with E-state index >= 15 is 0 Å². The van der Waals surface area contributed by atoms with Gasteiger partial charge in [-0.3, -0.25) is 0 Å². The van der Waals surface area contributed by atoms with Gasteiger partial charge in [0.1, 0.15) is 5.76 Å². The molecule has 1 aromatic rings. The molecular weight excluding hydrogens is 208 g/mol. The molecule has 3 N–H and O–H groups in total. The third-order valence-corrected chi connectivity index (χ3v) is 1.62. The highest BCUT2D eigenvalue weighted by Crippen LogP contribution is 2.15. The summed E-state index contributed by atoms with van der Waals surface area (Å²) in [7, 11) is 0. The summed E-state index contributed by atoms with van der Waals surface area (Å²) in [5.41, 5.74) is 0.598. The Bertz CT molecular complexity index is 290. The minimum Gasteiger partial charge on any atom is -0.506 e. The van der Waals surface area contributed by atoms with Crippen LogP contribution in [0.25, 0.3) is 5.76 Å².